The molecule has 0 saturated heterocycles. The van der Waals surface area contributed by atoms with Crippen LogP contribution in [0.1, 0.15) is 69.4 Å². The van der Waals surface area contributed by atoms with Gasteiger partial charge in [0.05, 0.1) is 34.8 Å². The van der Waals surface area contributed by atoms with Crippen molar-refractivity contribution in [3.05, 3.63) is 57.9 Å². The molecule has 7 heteroatoms. The van der Waals surface area contributed by atoms with Crippen molar-refractivity contribution in [3.8, 4) is 6.07 Å². The molecule has 0 spiro atoms. The number of hydrogen-bond acceptors (Lipinski definition) is 5. The maximum absolute atomic E-state index is 12.4. The van der Waals surface area contributed by atoms with Crippen molar-refractivity contribution in [2.24, 2.45) is 5.92 Å². The van der Waals surface area contributed by atoms with E-state index in [9.17, 15) is 25.1 Å². The normalized spacial score (nSPS) is 19.3. The molecule has 33 heavy (non-hydrogen) atoms. The zero-order valence-electron chi connectivity index (χ0n) is 19.5. The van der Waals surface area contributed by atoms with E-state index in [1.807, 2.05) is 6.07 Å². The molecule has 7 nitrogen and oxygen atoms in total. The Bertz CT molecular complexity index is 974. The van der Waals surface area contributed by atoms with Gasteiger partial charge in [-0.1, -0.05) is 37.8 Å². The maximum Gasteiger partial charge on any atom is 0.334 e. The number of carboxylic acid groups (broad SMARTS) is 2. The Labute approximate surface area is 195 Å². The minimum atomic E-state index is -1.17. The number of nitrogens with zero attached hydrogens (tertiary/aromatic N) is 2. The van der Waals surface area contributed by atoms with Crippen molar-refractivity contribution in [1.29, 1.82) is 5.26 Å². The number of benzene rings is 1. The summed E-state index contributed by atoms with van der Waals surface area (Å²) in [7, 11) is 1.67. The van der Waals surface area contributed by atoms with Crippen LogP contribution in [0.2, 0.25) is 0 Å². The fourth-order valence-electron chi connectivity index (χ4n) is 5.33. The van der Waals surface area contributed by atoms with E-state index in [0.29, 0.717) is 35.0 Å². The summed E-state index contributed by atoms with van der Waals surface area (Å²) in [5, 5.41) is 29.6. The number of allylic oxidation sites excluding steroid dienone is 2. The molecule has 0 radical (unpaired) electrons. The Morgan fingerprint density at radius 2 is 1.67 bits per heavy atom. The average Bonchev–Trinajstić information content (AvgIpc) is 3.07. The molecule has 2 aliphatic rings. The highest BCUT2D eigenvalue weighted by Gasteiger charge is 2.40. The summed E-state index contributed by atoms with van der Waals surface area (Å²) in [6.45, 7) is 3.86. The number of aliphatic carboxylic acids is 2. The number of hydrogen-bond donors (Lipinski definition) is 2. The Kier molecular flexibility index (Phi) is 7.93. The number of rotatable bonds is 7. The van der Waals surface area contributed by atoms with E-state index in [2.05, 4.69) is 0 Å². The van der Waals surface area contributed by atoms with Crippen molar-refractivity contribution in [1.82, 2.24) is 4.90 Å². The van der Waals surface area contributed by atoms with Gasteiger partial charge in [-0.3, -0.25) is 0 Å². The van der Waals surface area contributed by atoms with Gasteiger partial charge in [-0.15, -0.1) is 0 Å². The SMILES string of the molecule is COC(CN1C(C)=C(C(=O)O)C(c2cccc(C#N)c2)C(C(=O)O)=C1C)C1CCCCCC1. The zero-order chi connectivity index (χ0) is 24.1. The lowest BCUT2D eigenvalue weighted by Gasteiger charge is -2.40. The summed E-state index contributed by atoms with van der Waals surface area (Å²) >= 11 is 0. The average molecular weight is 453 g/mol. The first-order valence-corrected chi connectivity index (χ1v) is 11.5. The van der Waals surface area contributed by atoms with Crippen LogP contribution in [0.4, 0.5) is 0 Å². The predicted molar refractivity (Wildman–Crippen MR) is 123 cm³/mol. The molecule has 1 aromatic rings. The highest BCUT2D eigenvalue weighted by atomic mass is 16.5. The van der Waals surface area contributed by atoms with E-state index in [-0.39, 0.29) is 17.3 Å². The molecule has 1 aliphatic heterocycles. The minimum absolute atomic E-state index is 0.0174. The highest BCUT2D eigenvalue weighted by molar-refractivity contribution is 5.98. The van der Waals surface area contributed by atoms with E-state index in [1.54, 1.807) is 50.1 Å². The molecule has 0 bridgehead atoms. The molecule has 1 atom stereocenters. The molecule has 1 heterocycles. The summed E-state index contributed by atoms with van der Waals surface area (Å²) in [5.74, 6) is -2.95. The first kappa shape index (κ1) is 24.5. The molecule has 0 aromatic heterocycles. The third-order valence-electron chi connectivity index (χ3n) is 7.07. The third-order valence-corrected chi connectivity index (χ3v) is 7.07. The lowest BCUT2D eigenvalue weighted by atomic mass is 9.79. The molecule has 1 fully saturated rings. The van der Waals surface area contributed by atoms with E-state index >= 15 is 0 Å². The second-order valence-electron chi connectivity index (χ2n) is 8.92. The molecule has 176 valence electrons. The van der Waals surface area contributed by atoms with E-state index < -0.39 is 17.9 Å². The first-order chi connectivity index (χ1) is 15.8. The van der Waals surface area contributed by atoms with Crippen molar-refractivity contribution in [2.75, 3.05) is 13.7 Å². The second-order valence-corrected chi connectivity index (χ2v) is 8.92. The standard InChI is InChI=1S/C26H32N2O5/c1-16-22(25(29)30)24(20-12-8-9-18(13-20)14-27)23(26(31)32)17(2)28(16)15-21(33-3)19-10-6-4-5-7-11-19/h8-9,12-13,19,21,24H,4-7,10-11,15H2,1-3H3,(H,29,30)(H,31,32). The quantitative estimate of drug-likeness (QED) is 0.579. The highest BCUT2D eigenvalue weighted by Crippen LogP contribution is 2.43. The van der Waals surface area contributed by atoms with Gasteiger partial charge in [0.25, 0.3) is 0 Å². The van der Waals surface area contributed by atoms with Gasteiger partial charge in [-0.05, 0) is 50.3 Å². The molecule has 1 aliphatic carbocycles. The molecule has 1 unspecified atom stereocenters. The van der Waals surface area contributed by atoms with Crippen LogP contribution in [0, 0.1) is 17.2 Å². The largest absolute Gasteiger partial charge is 0.478 e. The summed E-state index contributed by atoms with van der Waals surface area (Å²) in [6.07, 6.45) is 6.70. The van der Waals surface area contributed by atoms with Crippen LogP contribution in [0.5, 0.6) is 0 Å². The smallest absolute Gasteiger partial charge is 0.334 e. The number of carboxylic acids is 2. The van der Waals surface area contributed by atoms with E-state index in [4.69, 9.17) is 4.74 Å². The summed E-state index contributed by atoms with van der Waals surface area (Å²) < 4.78 is 5.86. The Morgan fingerprint density at radius 3 is 2.15 bits per heavy atom. The summed E-state index contributed by atoms with van der Waals surface area (Å²) in [4.78, 5) is 26.7. The maximum atomic E-state index is 12.4. The number of carbonyl (C=O) groups is 2. The number of nitriles is 1. The van der Waals surface area contributed by atoms with Gasteiger partial charge in [0.15, 0.2) is 0 Å². The molecule has 0 amide bonds. The van der Waals surface area contributed by atoms with Crippen LogP contribution >= 0.6 is 0 Å². The first-order valence-electron chi connectivity index (χ1n) is 11.5. The van der Waals surface area contributed by atoms with Gasteiger partial charge in [-0.2, -0.15) is 5.26 Å². The van der Waals surface area contributed by atoms with Crippen molar-refractivity contribution < 1.29 is 24.5 Å². The molecule has 2 N–H and O–H groups in total. The Hall–Kier alpha value is -3.11. The van der Waals surface area contributed by atoms with Gasteiger partial charge in [0.1, 0.15) is 0 Å². The predicted octanol–water partition coefficient (Wildman–Crippen LogP) is 4.66. The summed E-state index contributed by atoms with van der Waals surface area (Å²) in [5.41, 5.74) is 1.88. The molecule has 1 aromatic carbocycles. The van der Waals surface area contributed by atoms with Gasteiger partial charge >= 0.3 is 11.9 Å². The fourth-order valence-corrected chi connectivity index (χ4v) is 5.33. The van der Waals surface area contributed by atoms with Crippen molar-refractivity contribution in [3.63, 3.8) is 0 Å². The monoisotopic (exact) mass is 452 g/mol. The molecular weight excluding hydrogens is 420 g/mol. The van der Waals surface area contributed by atoms with Gasteiger partial charge in [0, 0.05) is 25.0 Å². The Balaban J connectivity index is 2.08. The molecule has 3 rings (SSSR count). The van der Waals surface area contributed by atoms with Crippen molar-refractivity contribution in [2.45, 2.75) is 64.4 Å². The minimum Gasteiger partial charge on any atom is -0.478 e. The topological polar surface area (TPSA) is 111 Å². The van der Waals surface area contributed by atoms with Crippen LogP contribution in [0.25, 0.3) is 0 Å². The fraction of sp³-hybridized carbons (Fsp3) is 0.500. The Morgan fingerprint density at radius 1 is 1.09 bits per heavy atom. The lowest BCUT2D eigenvalue weighted by molar-refractivity contribution is -0.133. The number of methoxy groups -OCH3 is 1. The van der Waals surface area contributed by atoms with Crippen LogP contribution in [0.15, 0.2) is 46.8 Å². The van der Waals surface area contributed by atoms with Crippen LogP contribution in [0.3, 0.4) is 0 Å². The second kappa shape index (κ2) is 10.7. The van der Waals surface area contributed by atoms with Gasteiger partial charge in [0.2, 0.25) is 0 Å². The van der Waals surface area contributed by atoms with E-state index in [0.717, 1.165) is 25.7 Å². The lowest BCUT2D eigenvalue weighted by Crippen LogP contribution is -2.41. The van der Waals surface area contributed by atoms with Crippen molar-refractivity contribution >= 4 is 11.9 Å². The molecule has 1 saturated carbocycles. The number of ether oxygens (including phenoxy) is 1. The van der Waals surface area contributed by atoms with Crippen LogP contribution in [-0.2, 0) is 14.3 Å². The van der Waals surface area contributed by atoms with Gasteiger partial charge in [-0.25, -0.2) is 9.59 Å². The van der Waals surface area contributed by atoms with E-state index in [1.165, 1.54) is 12.8 Å². The van der Waals surface area contributed by atoms with Gasteiger partial charge < -0.3 is 19.8 Å². The van der Waals surface area contributed by atoms with Crippen LogP contribution in [-0.4, -0.2) is 46.8 Å². The zero-order valence-corrected chi connectivity index (χ0v) is 19.5. The summed E-state index contributed by atoms with van der Waals surface area (Å²) in [6, 6.07) is 8.55. The van der Waals surface area contributed by atoms with Crippen LogP contribution < -0.4 is 0 Å². The third kappa shape index (κ3) is 5.12. The molecular formula is C26H32N2O5.